The van der Waals surface area contributed by atoms with Crippen molar-refractivity contribution in [1.82, 2.24) is 14.5 Å². The Balaban J connectivity index is 0.00000225. The molecule has 0 bridgehead atoms. The van der Waals surface area contributed by atoms with Gasteiger partial charge in [-0.3, -0.25) is 4.98 Å². The molecule has 1 aliphatic heterocycles. The number of pyridine rings is 1. The van der Waals surface area contributed by atoms with Gasteiger partial charge in [0.1, 0.15) is 18.1 Å². The number of nitrogens with two attached hydrogens (primary N) is 1. The molecule has 3 aromatic rings. The van der Waals surface area contributed by atoms with Crippen molar-refractivity contribution in [2.24, 2.45) is 5.73 Å². The highest BCUT2D eigenvalue weighted by molar-refractivity contribution is 5.85. The highest BCUT2D eigenvalue weighted by Crippen LogP contribution is 2.27. The fourth-order valence-corrected chi connectivity index (χ4v) is 3.36. The summed E-state index contributed by atoms with van der Waals surface area (Å²) in [5.41, 5.74) is 8.36. The Kier molecular flexibility index (Phi) is 5.77. The molecule has 9 heteroatoms. The number of hydrogen-bond donors (Lipinski definition) is 1. The molecule has 0 unspecified atom stereocenters. The predicted molar refractivity (Wildman–Crippen MR) is 105 cm³/mol. The van der Waals surface area contributed by atoms with Gasteiger partial charge < -0.3 is 15.2 Å². The third-order valence-electron chi connectivity index (χ3n) is 4.82. The summed E-state index contributed by atoms with van der Waals surface area (Å²) in [5, 5.41) is 8.92. The van der Waals surface area contributed by atoms with Crippen LogP contribution in [0.25, 0.3) is 11.0 Å². The molecule has 1 aliphatic rings. The second-order valence-corrected chi connectivity index (χ2v) is 6.70. The molecule has 28 heavy (non-hydrogen) atoms. The summed E-state index contributed by atoms with van der Waals surface area (Å²) in [6.45, 7) is 1.18. The minimum Gasteiger partial charge on any atom is -0.340 e. The summed E-state index contributed by atoms with van der Waals surface area (Å²) in [6.07, 6.45) is 0.796. The number of rotatable bonds is 3. The van der Waals surface area contributed by atoms with Gasteiger partial charge in [-0.2, -0.15) is 5.26 Å². The van der Waals surface area contributed by atoms with Crippen LogP contribution in [0.2, 0.25) is 0 Å². The SMILES string of the molecule is Cl.N#Cc1ccc(Cn2c(N3CC[C@H](F)[C@H](N)C3)nc3ccc(F)cc32)nc1. The third-order valence-corrected chi connectivity index (χ3v) is 4.82. The first kappa shape index (κ1) is 20.0. The molecule has 0 spiro atoms. The van der Waals surface area contributed by atoms with Crippen molar-refractivity contribution < 1.29 is 8.78 Å². The molecule has 2 N–H and O–H groups in total. The molecule has 2 atom stereocenters. The number of alkyl halides is 1. The van der Waals surface area contributed by atoms with E-state index in [-0.39, 0.29) is 18.2 Å². The monoisotopic (exact) mass is 404 g/mol. The van der Waals surface area contributed by atoms with Gasteiger partial charge in [0.15, 0.2) is 0 Å². The van der Waals surface area contributed by atoms with E-state index in [2.05, 4.69) is 9.97 Å². The highest BCUT2D eigenvalue weighted by Gasteiger charge is 2.29. The van der Waals surface area contributed by atoms with Crippen molar-refractivity contribution in [3.8, 4) is 6.07 Å². The summed E-state index contributed by atoms with van der Waals surface area (Å²) in [6, 6.07) is 9.31. The number of nitriles is 1. The van der Waals surface area contributed by atoms with Gasteiger partial charge in [0.25, 0.3) is 0 Å². The number of fused-ring (bicyclic) bond motifs is 1. The lowest BCUT2D eigenvalue weighted by atomic mass is 10.1. The summed E-state index contributed by atoms with van der Waals surface area (Å²) < 4.78 is 29.5. The van der Waals surface area contributed by atoms with Crippen LogP contribution in [0.5, 0.6) is 0 Å². The fourth-order valence-electron chi connectivity index (χ4n) is 3.36. The first-order valence-corrected chi connectivity index (χ1v) is 8.70. The normalized spacial score (nSPS) is 19.3. The van der Waals surface area contributed by atoms with E-state index in [4.69, 9.17) is 11.0 Å². The fraction of sp³-hybridized carbons (Fsp3) is 0.316. The number of aromatic nitrogens is 3. The quantitative estimate of drug-likeness (QED) is 0.725. The second-order valence-electron chi connectivity index (χ2n) is 6.70. The van der Waals surface area contributed by atoms with E-state index in [1.54, 1.807) is 18.2 Å². The number of anilines is 1. The number of halogens is 3. The van der Waals surface area contributed by atoms with Gasteiger partial charge in [-0.1, -0.05) is 0 Å². The van der Waals surface area contributed by atoms with Gasteiger partial charge in [-0.05, 0) is 36.8 Å². The van der Waals surface area contributed by atoms with Crippen LogP contribution in [0.15, 0.2) is 36.5 Å². The molecule has 6 nitrogen and oxygen atoms in total. The van der Waals surface area contributed by atoms with E-state index in [0.29, 0.717) is 54.3 Å². The van der Waals surface area contributed by atoms with Crippen molar-refractivity contribution >= 4 is 29.4 Å². The summed E-state index contributed by atoms with van der Waals surface area (Å²) in [4.78, 5) is 10.9. The maximum absolute atomic E-state index is 13.8. The Hall–Kier alpha value is -2.76. The van der Waals surface area contributed by atoms with Gasteiger partial charge in [0, 0.05) is 19.3 Å². The molecule has 0 radical (unpaired) electrons. The van der Waals surface area contributed by atoms with Crippen LogP contribution in [0, 0.1) is 17.1 Å². The van der Waals surface area contributed by atoms with Gasteiger partial charge in [0.05, 0.1) is 34.9 Å². The number of benzene rings is 1. The lowest BCUT2D eigenvalue weighted by molar-refractivity contribution is 0.243. The highest BCUT2D eigenvalue weighted by atomic mass is 35.5. The van der Waals surface area contributed by atoms with Crippen molar-refractivity contribution in [3.05, 3.63) is 53.6 Å². The van der Waals surface area contributed by atoms with Crippen LogP contribution in [0.1, 0.15) is 17.7 Å². The Morgan fingerprint density at radius 1 is 1.29 bits per heavy atom. The molecule has 0 amide bonds. The predicted octanol–water partition coefficient (Wildman–Crippen LogP) is 2.79. The van der Waals surface area contributed by atoms with Crippen LogP contribution in [-0.2, 0) is 6.54 Å². The lowest BCUT2D eigenvalue weighted by Gasteiger charge is -2.34. The Labute approximate surface area is 167 Å². The number of piperidine rings is 1. The number of nitrogens with zero attached hydrogens (tertiary/aromatic N) is 5. The Bertz CT molecular complexity index is 1010. The largest absolute Gasteiger partial charge is 0.340 e. The zero-order valence-corrected chi connectivity index (χ0v) is 15.7. The summed E-state index contributed by atoms with van der Waals surface area (Å²) >= 11 is 0. The third kappa shape index (κ3) is 3.77. The molecule has 146 valence electrons. The second kappa shape index (κ2) is 8.09. The maximum atomic E-state index is 13.8. The molecule has 3 heterocycles. The van der Waals surface area contributed by atoms with E-state index >= 15 is 0 Å². The smallest absolute Gasteiger partial charge is 0.206 e. The molecule has 1 fully saturated rings. The van der Waals surface area contributed by atoms with Crippen LogP contribution < -0.4 is 10.6 Å². The maximum Gasteiger partial charge on any atom is 0.206 e. The van der Waals surface area contributed by atoms with E-state index in [0.717, 1.165) is 0 Å². The first-order chi connectivity index (χ1) is 13.0. The molecule has 4 rings (SSSR count). The zero-order chi connectivity index (χ0) is 19.0. The van der Waals surface area contributed by atoms with E-state index in [1.807, 2.05) is 15.5 Å². The Morgan fingerprint density at radius 2 is 2.11 bits per heavy atom. The van der Waals surface area contributed by atoms with Gasteiger partial charge in [0.2, 0.25) is 5.95 Å². The average Bonchev–Trinajstić information content (AvgIpc) is 3.02. The molecule has 1 saturated heterocycles. The first-order valence-electron chi connectivity index (χ1n) is 8.70. The minimum absolute atomic E-state index is 0. The molecule has 1 aromatic carbocycles. The van der Waals surface area contributed by atoms with Crippen molar-refractivity contribution in [2.45, 2.75) is 25.2 Å². The number of imidazole rings is 1. The van der Waals surface area contributed by atoms with Gasteiger partial charge >= 0.3 is 0 Å². The standard InChI is InChI=1S/C19H18F2N6.ClH/c20-13-2-4-17-18(7-13)27(10-14-3-1-12(8-22)9-24-14)19(25-17)26-6-5-15(21)16(23)11-26;/h1-4,7,9,15-16H,5-6,10-11,23H2;1H/t15-,16+;/m0./s1. The topological polar surface area (TPSA) is 83.8 Å². The van der Waals surface area contributed by atoms with E-state index < -0.39 is 12.2 Å². The van der Waals surface area contributed by atoms with Crippen LogP contribution in [0.4, 0.5) is 14.7 Å². The van der Waals surface area contributed by atoms with Gasteiger partial charge in [-0.25, -0.2) is 13.8 Å². The minimum atomic E-state index is -1.03. The average molecular weight is 405 g/mol. The van der Waals surface area contributed by atoms with Crippen molar-refractivity contribution in [2.75, 3.05) is 18.0 Å². The van der Waals surface area contributed by atoms with Crippen molar-refractivity contribution in [1.29, 1.82) is 5.26 Å². The molecule has 0 aliphatic carbocycles. The number of hydrogen-bond acceptors (Lipinski definition) is 5. The van der Waals surface area contributed by atoms with Crippen LogP contribution in [0.3, 0.4) is 0 Å². The van der Waals surface area contributed by atoms with Crippen LogP contribution in [-0.4, -0.2) is 39.8 Å². The summed E-state index contributed by atoms with van der Waals surface area (Å²) in [7, 11) is 0. The van der Waals surface area contributed by atoms with E-state index in [1.165, 1.54) is 18.3 Å². The molecule has 0 saturated carbocycles. The van der Waals surface area contributed by atoms with Gasteiger partial charge in [-0.15, -0.1) is 12.4 Å². The van der Waals surface area contributed by atoms with E-state index in [9.17, 15) is 8.78 Å². The zero-order valence-electron chi connectivity index (χ0n) is 14.9. The van der Waals surface area contributed by atoms with Crippen molar-refractivity contribution in [3.63, 3.8) is 0 Å². The Morgan fingerprint density at radius 3 is 2.79 bits per heavy atom. The lowest BCUT2D eigenvalue weighted by Crippen LogP contribution is -2.50. The van der Waals surface area contributed by atoms with Crippen LogP contribution >= 0.6 is 12.4 Å². The summed E-state index contributed by atoms with van der Waals surface area (Å²) in [5.74, 6) is 0.256. The molecular weight excluding hydrogens is 386 g/mol. The molecular formula is C19H19ClF2N6. The molecule has 2 aromatic heterocycles.